The second kappa shape index (κ2) is 6.99. The van der Waals surface area contributed by atoms with Crippen LogP contribution < -0.4 is 10.1 Å². The van der Waals surface area contributed by atoms with Crippen LogP contribution in [0.2, 0.25) is 0 Å². The van der Waals surface area contributed by atoms with E-state index in [1.807, 2.05) is 53.2 Å². The monoisotopic (exact) mass is 421 g/mol. The maximum absolute atomic E-state index is 12.1. The minimum Gasteiger partial charge on any atom is -0.493 e. The fourth-order valence-electron chi connectivity index (χ4n) is 2.33. The van der Waals surface area contributed by atoms with Crippen LogP contribution >= 0.6 is 22.6 Å². The topological polar surface area (TPSA) is 55.6 Å². The number of fused-ring (bicyclic) bond motifs is 1. The Hall–Kier alpha value is -2.09. The Morgan fingerprint density at radius 1 is 1.30 bits per heavy atom. The van der Waals surface area contributed by atoms with Crippen LogP contribution in [0.25, 0.3) is 5.65 Å². The second-order valence-corrected chi connectivity index (χ2v) is 6.30. The lowest BCUT2D eigenvalue weighted by molar-refractivity contribution is 0.0954. The van der Waals surface area contributed by atoms with Gasteiger partial charge in [0.25, 0.3) is 5.91 Å². The van der Waals surface area contributed by atoms with Crippen molar-refractivity contribution in [2.45, 2.75) is 6.42 Å². The summed E-state index contributed by atoms with van der Waals surface area (Å²) in [7, 11) is 1.63. The van der Waals surface area contributed by atoms with Crippen molar-refractivity contribution in [3.8, 4) is 5.75 Å². The van der Waals surface area contributed by atoms with E-state index in [2.05, 4.69) is 32.9 Å². The van der Waals surface area contributed by atoms with Crippen LogP contribution in [0.15, 0.2) is 48.8 Å². The number of carbonyl (C=O) groups is 1. The number of methoxy groups -OCH3 is 1. The number of aromatic nitrogens is 2. The smallest absolute Gasteiger partial charge is 0.251 e. The maximum Gasteiger partial charge on any atom is 0.251 e. The van der Waals surface area contributed by atoms with Gasteiger partial charge in [0.15, 0.2) is 11.4 Å². The summed E-state index contributed by atoms with van der Waals surface area (Å²) in [5, 5.41) is 2.92. The summed E-state index contributed by atoms with van der Waals surface area (Å²) in [4.78, 5) is 16.6. The number of hydrogen-bond acceptors (Lipinski definition) is 3. The van der Waals surface area contributed by atoms with E-state index in [4.69, 9.17) is 4.74 Å². The quantitative estimate of drug-likeness (QED) is 0.645. The Labute approximate surface area is 147 Å². The van der Waals surface area contributed by atoms with Crippen molar-refractivity contribution in [1.82, 2.24) is 14.7 Å². The molecule has 0 fully saturated rings. The fraction of sp³-hybridized carbons (Fsp3) is 0.176. The molecule has 0 atom stereocenters. The number of ether oxygens (including phenoxy) is 1. The molecule has 5 nitrogen and oxygen atoms in total. The van der Waals surface area contributed by atoms with Crippen LogP contribution in [0.1, 0.15) is 16.1 Å². The van der Waals surface area contributed by atoms with Crippen LogP contribution in [-0.4, -0.2) is 28.9 Å². The van der Waals surface area contributed by atoms with Crippen LogP contribution in [-0.2, 0) is 6.42 Å². The Bertz CT molecular complexity index is 827. The highest BCUT2D eigenvalue weighted by Crippen LogP contribution is 2.18. The molecule has 3 aromatic rings. The molecule has 118 valence electrons. The standard InChI is InChI=1S/C17H16IN3O2/c1-23-15-3-2-10-21-11-14(20-16(15)21)8-9-19-17(22)12-4-6-13(18)7-5-12/h2-7,10-11H,8-9H2,1H3,(H,19,22). The molecule has 0 spiro atoms. The summed E-state index contributed by atoms with van der Waals surface area (Å²) in [5.74, 6) is 0.671. The van der Waals surface area contributed by atoms with Crippen molar-refractivity contribution < 1.29 is 9.53 Å². The van der Waals surface area contributed by atoms with Crippen LogP contribution in [0.4, 0.5) is 0 Å². The highest BCUT2D eigenvalue weighted by atomic mass is 127. The number of benzene rings is 1. The summed E-state index contributed by atoms with van der Waals surface area (Å²) in [6, 6.07) is 11.3. The van der Waals surface area contributed by atoms with Crippen molar-refractivity contribution in [2.75, 3.05) is 13.7 Å². The van der Waals surface area contributed by atoms with E-state index in [0.29, 0.717) is 18.5 Å². The lowest BCUT2D eigenvalue weighted by atomic mass is 10.2. The first-order chi connectivity index (χ1) is 11.2. The minimum atomic E-state index is -0.0669. The molecular formula is C17H16IN3O2. The number of imidazole rings is 1. The number of pyridine rings is 1. The van der Waals surface area contributed by atoms with E-state index in [0.717, 1.165) is 20.7 Å². The molecule has 0 saturated carbocycles. The van der Waals surface area contributed by atoms with Gasteiger partial charge in [0.2, 0.25) is 0 Å². The molecular weight excluding hydrogens is 405 g/mol. The zero-order chi connectivity index (χ0) is 16.2. The summed E-state index contributed by atoms with van der Waals surface area (Å²) < 4.78 is 8.33. The van der Waals surface area contributed by atoms with Gasteiger partial charge in [-0.25, -0.2) is 4.98 Å². The third kappa shape index (κ3) is 3.64. The van der Waals surface area contributed by atoms with Gasteiger partial charge in [0, 0.05) is 34.5 Å². The molecule has 2 heterocycles. The molecule has 1 amide bonds. The van der Waals surface area contributed by atoms with Crippen molar-refractivity contribution in [3.63, 3.8) is 0 Å². The minimum absolute atomic E-state index is 0.0669. The highest BCUT2D eigenvalue weighted by Gasteiger charge is 2.08. The Kier molecular flexibility index (Phi) is 4.80. The van der Waals surface area contributed by atoms with E-state index in [-0.39, 0.29) is 5.91 Å². The number of rotatable bonds is 5. The lowest BCUT2D eigenvalue weighted by Gasteiger charge is -2.04. The summed E-state index contributed by atoms with van der Waals surface area (Å²) in [6.07, 6.45) is 4.55. The van der Waals surface area contributed by atoms with Crippen molar-refractivity contribution in [2.24, 2.45) is 0 Å². The van der Waals surface area contributed by atoms with Gasteiger partial charge < -0.3 is 14.5 Å². The van der Waals surface area contributed by atoms with Crippen molar-refractivity contribution in [1.29, 1.82) is 0 Å². The molecule has 0 unspecified atom stereocenters. The van der Waals surface area contributed by atoms with E-state index >= 15 is 0 Å². The lowest BCUT2D eigenvalue weighted by Crippen LogP contribution is -2.25. The molecule has 3 rings (SSSR count). The van der Waals surface area contributed by atoms with Gasteiger partial charge in [-0.3, -0.25) is 4.79 Å². The van der Waals surface area contributed by atoms with Gasteiger partial charge in [0.05, 0.1) is 12.8 Å². The van der Waals surface area contributed by atoms with E-state index in [1.165, 1.54) is 0 Å². The van der Waals surface area contributed by atoms with Crippen molar-refractivity contribution >= 4 is 34.1 Å². The molecule has 0 radical (unpaired) electrons. The van der Waals surface area contributed by atoms with Gasteiger partial charge in [-0.05, 0) is 59.0 Å². The number of amides is 1. The molecule has 0 aliphatic heterocycles. The van der Waals surface area contributed by atoms with E-state index < -0.39 is 0 Å². The number of nitrogens with one attached hydrogen (secondary N) is 1. The predicted molar refractivity (Wildman–Crippen MR) is 96.9 cm³/mol. The summed E-state index contributed by atoms with van der Waals surface area (Å²) in [6.45, 7) is 0.539. The molecule has 0 aliphatic carbocycles. The number of nitrogens with zero attached hydrogens (tertiary/aromatic N) is 2. The maximum atomic E-state index is 12.1. The average molecular weight is 421 g/mol. The Morgan fingerprint density at radius 3 is 2.83 bits per heavy atom. The third-order valence-corrected chi connectivity index (χ3v) is 4.21. The summed E-state index contributed by atoms with van der Waals surface area (Å²) >= 11 is 2.22. The first-order valence-electron chi connectivity index (χ1n) is 7.22. The number of carbonyl (C=O) groups excluding carboxylic acids is 1. The SMILES string of the molecule is COc1cccn2cc(CCNC(=O)c3ccc(I)cc3)nc12. The summed E-state index contributed by atoms with van der Waals surface area (Å²) in [5.41, 5.74) is 2.37. The van der Waals surface area contributed by atoms with Crippen LogP contribution in [0.3, 0.4) is 0 Å². The zero-order valence-electron chi connectivity index (χ0n) is 12.6. The van der Waals surface area contributed by atoms with E-state index in [1.54, 1.807) is 7.11 Å². The molecule has 0 saturated heterocycles. The molecule has 1 aromatic carbocycles. The first-order valence-corrected chi connectivity index (χ1v) is 8.29. The molecule has 0 bridgehead atoms. The van der Waals surface area contributed by atoms with Gasteiger partial charge in [-0.1, -0.05) is 0 Å². The second-order valence-electron chi connectivity index (χ2n) is 5.05. The third-order valence-electron chi connectivity index (χ3n) is 3.49. The Balaban J connectivity index is 1.62. The van der Waals surface area contributed by atoms with Crippen LogP contribution in [0.5, 0.6) is 5.75 Å². The Morgan fingerprint density at radius 2 is 2.09 bits per heavy atom. The van der Waals surface area contributed by atoms with Crippen LogP contribution in [0, 0.1) is 3.57 Å². The number of halogens is 1. The normalized spacial score (nSPS) is 10.7. The molecule has 2 aromatic heterocycles. The zero-order valence-corrected chi connectivity index (χ0v) is 14.8. The number of hydrogen-bond donors (Lipinski definition) is 1. The molecule has 6 heteroatoms. The predicted octanol–water partition coefficient (Wildman–Crippen LogP) is 2.92. The first kappa shape index (κ1) is 15.8. The van der Waals surface area contributed by atoms with E-state index in [9.17, 15) is 4.79 Å². The molecule has 0 aliphatic rings. The van der Waals surface area contributed by atoms with Gasteiger partial charge >= 0.3 is 0 Å². The average Bonchev–Trinajstić information content (AvgIpc) is 2.98. The molecule has 1 N–H and O–H groups in total. The largest absolute Gasteiger partial charge is 0.493 e. The fourth-order valence-corrected chi connectivity index (χ4v) is 2.68. The molecule has 23 heavy (non-hydrogen) atoms. The van der Waals surface area contributed by atoms with Gasteiger partial charge in [0.1, 0.15) is 0 Å². The van der Waals surface area contributed by atoms with Gasteiger partial charge in [-0.15, -0.1) is 0 Å². The highest BCUT2D eigenvalue weighted by molar-refractivity contribution is 14.1. The van der Waals surface area contributed by atoms with Crippen molar-refractivity contribution in [3.05, 3.63) is 63.6 Å². The van der Waals surface area contributed by atoms with Gasteiger partial charge in [-0.2, -0.15) is 0 Å².